The SMILES string of the molecule is CCOC(=O)C1=C(C(F)(F)F)N=C2SC=C(CC(=O)N3CCOCC3)N2[C@@H]1c1ccccc1. The molecule has 0 saturated carbocycles. The van der Waals surface area contributed by atoms with Gasteiger partial charge in [0.05, 0.1) is 37.9 Å². The lowest BCUT2D eigenvalue weighted by Crippen LogP contribution is -2.43. The molecule has 0 N–H and O–H groups in total. The lowest BCUT2D eigenvalue weighted by molar-refractivity contribution is -0.140. The van der Waals surface area contributed by atoms with E-state index in [1.165, 1.54) is 6.92 Å². The zero-order chi connectivity index (χ0) is 23.6. The molecule has 0 unspecified atom stereocenters. The van der Waals surface area contributed by atoms with Gasteiger partial charge in [-0.15, -0.1) is 0 Å². The van der Waals surface area contributed by atoms with Gasteiger partial charge in [0, 0.05) is 18.8 Å². The molecule has 0 aliphatic carbocycles. The Kier molecular flexibility index (Phi) is 6.80. The van der Waals surface area contributed by atoms with Crippen molar-refractivity contribution in [2.45, 2.75) is 25.6 Å². The first-order valence-corrected chi connectivity index (χ1v) is 11.3. The maximum atomic E-state index is 14.0. The molecular weight excluding hydrogens is 459 g/mol. The Labute approximate surface area is 192 Å². The predicted octanol–water partition coefficient (Wildman–Crippen LogP) is 3.62. The molecule has 1 aromatic carbocycles. The number of carbonyl (C=O) groups excluding carboxylic acids is 2. The van der Waals surface area contributed by atoms with Crippen LogP contribution in [0.25, 0.3) is 0 Å². The molecule has 3 aliphatic rings. The number of hydrogen-bond acceptors (Lipinski definition) is 7. The van der Waals surface area contributed by atoms with Gasteiger partial charge >= 0.3 is 12.1 Å². The summed E-state index contributed by atoms with van der Waals surface area (Å²) >= 11 is 1.00. The second kappa shape index (κ2) is 9.60. The highest BCUT2D eigenvalue weighted by Gasteiger charge is 2.49. The summed E-state index contributed by atoms with van der Waals surface area (Å²) in [6.45, 7) is 3.22. The van der Waals surface area contributed by atoms with E-state index in [-0.39, 0.29) is 24.1 Å². The smallest absolute Gasteiger partial charge is 0.434 e. The van der Waals surface area contributed by atoms with Crippen LogP contribution < -0.4 is 0 Å². The number of hydrogen-bond donors (Lipinski definition) is 0. The van der Waals surface area contributed by atoms with Crippen LogP contribution in [0.15, 0.2) is 57.7 Å². The van der Waals surface area contributed by atoms with E-state index in [1.54, 1.807) is 45.5 Å². The molecule has 3 heterocycles. The molecule has 11 heteroatoms. The second-order valence-corrected chi connectivity index (χ2v) is 8.29. The Morgan fingerprint density at radius 2 is 1.91 bits per heavy atom. The summed E-state index contributed by atoms with van der Waals surface area (Å²) in [7, 11) is 0. The second-order valence-electron chi connectivity index (χ2n) is 7.46. The first-order chi connectivity index (χ1) is 15.8. The summed E-state index contributed by atoms with van der Waals surface area (Å²) in [6, 6.07) is 7.26. The van der Waals surface area contributed by atoms with Gasteiger partial charge in [-0.1, -0.05) is 42.1 Å². The number of amides is 1. The van der Waals surface area contributed by atoms with Crippen LogP contribution in [0.5, 0.6) is 0 Å². The molecule has 3 aliphatic heterocycles. The zero-order valence-corrected chi connectivity index (χ0v) is 18.6. The summed E-state index contributed by atoms with van der Waals surface area (Å²) in [5, 5.41) is 1.68. The van der Waals surface area contributed by atoms with E-state index in [0.717, 1.165) is 11.8 Å². The van der Waals surface area contributed by atoms with E-state index >= 15 is 0 Å². The molecule has 1 aromatic rings. The van der Waals surface area contributed by atoms with Crippen molar-refractivity contribution < 1.29 is 32.2 Å². The molecule has 176 valence electrons. The molecule has 0 aromatic heterocycles. The molecule has 7 nitrogen and oxygen atoms in total. The van der Waals surface area contributed by atoms with Crippen molar-refractivity contribution >= 4 is 28.8 Å². The molecule has 4 rings (SSSR count). The van der Waals surface area contributed by atoms with Crippen molar-refractivity contribution in [1.29, 1.82) is 0 Å². The van der Waals surface area contributed by atoms with Crippen LogP contribution in [0.2, 0.25) is 0 Å². The minimum atomic E-state index is -4.86. The van der Waals surface area contributed by atoms with Gasteiger partial charge < -0.3 is 19.3 Å². The third-order valence-electron chi connectivity index (χ3n) is 5.39. The van der Waals surface area contributed by atoms with E-state index < -0.39 is 29.5 Å². The molecule has 1 atom stereocenters. The number of allylic oxidation sites excluding steroid dienone is 1. The van der Waals surface area contributed by atoms with Crippen molar-refractivity contribution in [2.75, 3.05) is 32.9 Å². The van der Waals surface area contributed by atoms with Crippen LogP contribution in [0.4, 0.5) is 13.2 Å². The van der Waals surface area contributed by atoms with E-state index in [9.17, 15) is 22.8 Å². The molecule has 0 bridgehead atoms. The minimum absolute atomic E-state index is 0.0349. The summed E-state index contributed by atoms with van der Waals surface area (Å²) in [4.78, 5) is 32.7. The molecule has 1 fully saturated rings. The fourth-order valence-corrected chi connectivity index (χ4v) is 4.84. The van der Waals surface area contributed by atoms with Gasteiger partial charge in [0.15, 0.2) is 10.9 Å². The number of halogens is 3. The fourth-order valence-electron chi connectivity index (χ4n) is 3.92. The third-order valence-corrected chi connectivity index (χ3v) is 6.27. The van der Waals surface area contributed by atoms with Gasteiger partial charge in [-0.05, 0) is 17.9 Å². The predicted molar refractivity (Wildman–Crippen MR) is 116 cm³/mol. The van der Waals surface area contributed by atoms with Gasteiger partial charge in [0.25, 0.3) is 0 Å². The summed E-state index contributed by atoms with van der Waals surface area (Å²) in [5.74, 6) is -1.25. The van der Waals surface area contributed by atoms with Crippen molar-refractivity contribution in [3.05, 3.63) is 58.3 Å². The average molecular weight is 481 g/mol. The van der Waals surface area contributed by atoms with Gasteiger partial charge in [-0.2, -0.15) is 13.2 Å². The maximum Gasteiger partial charge on any atom is 0.434 e. The number of fused-ring (bicyclic) bond motifs is 1. The maximum absolute atomic E-state index is 14.0. The highest BCUT2D eigenvalue weighted by Crippen LogP contribution is 2.48. The number of morpholine rings is 1. The number of aliphatic imine (C=N–C) groups is 1. The lowest BCUT2D eigenvalue weighted by Gasteiger charge is -2.37. The number of amidine groups is 1. The number of alkyl halides is 3. The van der Waals surface area contributed by atoms with Crippen LogP contribution in [-0.2, 0) is 19.1 Å². The van der Waals surface area contributed by atoms with Crippen LogP contribution in [-0.4, -0.2) is 65.9 Å². The first-order valence-electron chi connectivity index (χ1n) is 10.4. The largest absolute Gasteiger partial charge is 0.463 e. The number of nitrogens with zero attached hydrogens (tertiary/aromatic N) is 3. The molecule has 33 heavy (non-hydrogen) atoms. The Bertz CT molecular complexity index is 1020. The van der Waals surface area contributed by atoms with Gasteiger partial charge in [-0.25, -0.2) is 9.79 Å². The zero-order valence-electron chi connectivity index (χ0n) is 17.8. The molecule has 0 spiro atoms. The Morgan fingerprint density at radius 3 is 2.55 bits per heavy atom. The number of carbonyl (C=O) groups is 2. The van der Waals surface area contributed by atoms with E-state index in [4.69, 9.17) is 9.47 Å². The van der Waals surface area contributed by atoms with Crippen LogP contribution in [0, 0.1) is 0 Å². The number of benzene rings is 1. The number of rotatable bonds is 5. The van der Waals surface area contributed by atoms with E-state index in [1.807, 2.05) is 0 Å². The Hall–Kier alpha value is -2.79. The summed E-state index contributed by atoms with van der Waals surface area (Å²) in [5.41, 5.74) is -0.928. The lowest BCUT2D eigenvalue weighted by atomic mass is 9.93. The highest BCUT2D eigenvalue weighted by atomic mass is 32.2. The van der Waals surface area contributed by atoms with E-state index in [2.05, 4.69) is 4.99 Å². The highest BCUT2D eigenvalue weighted by molar-refractivity contribution is 8.16. The third kappa shape index (κ3) is 4.79. The Morgan fingerprint density at radius 1 is 1.21 bits per heavy atom. The number of esters is 1. The number of ether oxygens (including phenoxy) is 2. The van der Waals surface area contributed by atoms with Gasteiger partial charge in [0.1, 0.15) is 0 Å². The molecule has 1 saturated heterocycles. The van der Waals surface area contributed by atoms with Crippen molar-refractivity contribution in [2.24, 2.45) is 4.99 Å². The Balaban J connectivity index is 1.76. The molecular formula is C22H22F3N3O4S. The summed E-state index contributed by atoms with van der Waals surface area (Å²) in [6.07, 6.45) is -4.89. The van der Waals surface area contributed by atoms with Crippen LogP contribution in [0.1, 0.15) is 24.9 Å². The number of thioether (sulfide) groups is 1. The van der Waals surface area contributed by atoms with Crippen LogP contribution in [0.3, 0.4) is 0 Å². The van der Waals surface area contributed by atoms with Crippen molar-refractivity contribution in [3.8, 4) is 0 Å². The topological polar surface area (TPSA) is 71.4 Å². The summed E-state index contributed by atoms with van der Waals surface area (Å²) < 4.78 is 52.3. The van der Waals surface area contributed by atoms with Crippen molar-refractivity contribution in [1.82, 2.24) is 9.80 Å². The molecule has 0 radical (unpaired) electrons. The van der Waals surface area contributed by atoms with Gasteiger partial charge in [0.2, 0.25) is 5.91 Å². The fraction of sp³-hybridized carbons (Fsp3) is 0.409. The van der Waals surface area contributed by atoms with Crippen LogP contribution >= 0.6 is 11.8 Å². The first kappa shape index (κ1) is 23.4. The minimum Gasteiger partial charge on any atom is -0.463 e. The normalized spacial score (nSPS) is 20.9. The standard InChI is InChI=1S/C22H22F3N3O4S/c1-2-32-20(30)17-18(14-6-4-3-5-7-14)28-15(12-16(29)27-8-10-31-11-9-27)13-33-21(28)26-19(17)22(23,24)25/h3-7,13,18H,2,8-12H2,1H3/t18-/m1/s1. The van der Waals surface area contributed by atoms with Gasteiger partial charge in [-0.3, -0.25) is 4.79 Å². The van der Waals surface area contributed by atoms with E-state index in [0.29, 0.717) is 37.6 Å². The van der Waals surface area contributed by atoms with Crippen molar-refractivity contribution in [3.63, 3.8) is 0 Å². The average Bonchev–Trinajstić information content (AvgIpc) is 3.21. The quantitative estimate of drug-likeness (QED) is 0.599. The molecule has 1 amide bonds. The monoisotopic (exact) mass is 481 g/mol.